The van der Waals surface area contributed by atoms with Crippen molar-refractivity contribution in [1.29, 1.82) is 0 Å². The van der Waals surface area contributed by atoms with Gasteiger partial charge < -0.3 is 10.1 Å². The monoisotopic (exact) mass is 416 g/mol. The van der Waals surface area contributed by atoms with Crippen molar-refractivity contribution in [2.24, 2.45) is 0 Å². The van der Waals surface area contributed by atoms with Crippen LogP contribution in [0.15, 0.2) is 41.3 Å². The van der Waals surface area contributed by atoms with Crippen molar-refractivity contribution in [3.8, 4) is 5.75 Å². The quantitative estimate of drug-likeness (QED) is 0.744. The molecule has 9 heteroatoms. The van der Waals surface area contributed by atoms with Crippen molar-refractivity contribution in [2.75, 3.05) is 12.4 Å². The molecule has 0 aromatic heterocycles. The summed E-state index contributed by atoms with van der Waals surface area (Å²) in [4.78, 5) is 11.3. The van der Waals surface area contributed by atoms with Crippen molar-refractivity contribution >= 4 is 44.8 Å². The molecule has 0 aliphatic carbocycles. The number of anilines is 1. The van der Waals surface area contributed by atoms with Crippen LogP contribution >= 0.6 is 23.2 Å². The number of ether oxygens (including phenoxy) is 1. The molecule has 1 atom stereocenters. The molecule has 2 aromatic rings. The Bertz CT molecular complexity index is 932. The van der Waals surface area contributed by atoms with Gasteiger partial charge in [-0.3, -0.25) is 4.79 Å². The summed E-state index contributed by atoms with van der Waals surface area (Å²) in [5.74, 6) is 0.0139. The van der Waals surface area contributed by atoms with Crippen molar-refractivity contribution < 1.29 is 17.9 Å². The minimum absolute atomic E-state index is 0.0148. The second-order valence-electron chi connectivity index (χ2n) is 5.55. The third kappa shape index (κ3) is 4.88. The number of nitrogens with one attached hydrogen (secondary N) is 2. The molecule has 6 nitrogen and oxygen atoms in total. The van der Waals surface area contributed by atoms with E-state index in [2.05, 4.69) is 10.0 Å². The number of benzene rings is 2. The van der Waals surface area contributed by atoms with Crippen LogP contribution in [-0.4, -0.2) is 21.4 Å². The van der Waals surface area contributed by atoms with Crippen LogP contribution in [0.2, 0.25) is 10.0 Å². The molecule has 0 unspecified atom stereocenters. The highest BCUT2D eigenvalue weighted by atomic mass is 35.5. The number of halogens is 2. The van der Waals surface area contributed by atoms with Gasteiger partial charge in [-0.2, -0.15) is 0 Å². The zero-order valence-electron chi connectivity index (χ0n) is 14.3. The number of hydrogen-bond acceptors (Lipinski definition) is 4. The highest BCUT2D eigenvalue weighted by Crippen LogP contribution is 2.30. The summed E-state index contributed by atoms with van der Waals surface area (Å²) in [6.07, 6.45) is 0. The van der Waals surface area contributed by atoms with Gasteiger partial charge in [-0.05, 0) is 42.8 Å². The van der Waals surface area contributed by atoms with E-state index >= 15 is 0 Å². The number of carbonyl (C=O) groups is 1. The second-order valence-corrected chi connectivity index (χ2v) is 8.11. The van der Waals surface area contributed by atoms with Gasteiger partial charge >= 0.3 is 0 Å². The van der Waals surface area contributed by atoms with Gasteiger partial charge in [-0.25, -0.2) is 13.1 Å². The molecule has 0 radical (unpaired) electrons. The highest BCUT2D eigenvalue weighted by molar-refractivity contribution is 7.89. The molecule has 26 heavy (non-hydrogen) atoms. The molecule has 0 saturated carbocycles. The normalized spacial score (nSPS) is 12.5. The smallest absolute Gasteiger partial charge is 0.241 e. The average molecular weight is 417 g/mol. The summed E-state index contributed by atoms with van der Waals surface area (Å²) < 4.78 is 33.1. The highest BCUT2D eigenvalue weighted by Gasteiger charge is 2.21. The Morgan fingerprint density at radius 1 is 1.15 bits per heavy atom. The Balaban J connectivity index is 2.33. The molecule has 0 fully saturated rings. The van der Waals surface area contributed by atoms with Gasteiger partial charge in [0, 0.05) is 23.0 Å². The van der Waals surface area contributed by atoms with Crippen LogP contribution in [0.4, 0.5) is 5.69 Å². The second kappa shape index (κ2) is 8.26. The number of amides is 1. The molecular weight excluding hydrogens is 399 g/mol. The molecule has 1 amide bonds. The van der Waals surface area contributed by atoms with Crippen LogP contribution < -0.4 is 14.8 Å². The maximum atomic E-state index is 12.7. The van der Waals surface area contributed by atoms with Crippen LogP contribution in [0.1, 0.15) is 25.5 Å². The van der Waals surface area contributed by atoms with Crippen LogP contribution in [0.25, 0.3) is 0 Å². The van der Waals surface area contributed by atoms with E-state index in [1.165, 1.54) is 32.2 Å². The molecule has 0 spiro atoms. The zero-order valence-corrected chi connectivity index (χ0v) is 16.7. The Morgan fingerprint density at radius 3 is 2.42 bits per heavy atom. The Kier molecular flexibility index (Phi) is 6.52. The van der Waals surface area contributed by atoms with Gasteiger partial charge in [0.2, 0.25) is 15.9 Å². The largest absolute Gasteiger partial charge is 0.495 e. The number of sulfonamides is 1. The third-order valence-electron chi connectivity index (χ3n) is 3.55. The SMILES string of the molecule is COc1ccc(S(=O)(=O)N[C@H](C)c2ccc(Cl)cc2Cl)cc1NC(C)=O. The maximum absolute atomic E-state index is 12.7. The van der Waals surface area contributed by atoms with Gasteiger partial charge in [0.15, 0.2) is 0 Å². The summed E-state index contributed by atoms with van der Waals surface area (Å²) in [7, 11) is -2.44. The molecular formula is C17H18Cl2N2O4S. The lowest BCUT2D eigenvalue weighted by atomic mass is 10.1. The van der Waals surface area contributed by atoms with Crippen LogP contribution in [0.5, 0.6) is 5.75 Å². The molecule has 0 saturated heterocycles. The predicted octanol–water partition coefficient (Wildman–Crippen LogP) is 4.00. The van der Waals surface area contributed by atoms with Gasteiger partial charge in [-0.15, -0.1) is 0 Å². The van der Waals surface area contributed by atoms with Gasteiger partial charge in [0.05, 0.1) is 17.7 Å². The van der Waals surface area contributed by atoms with Crippen molar-refractivity contribution in [1.82, 2.24) is 4.72 Å². The van der Waals surface area contributed by atoms with Gasteiger partial charge in [-0.1, -0.05) is 29.3 Å². The lowest BCUT2D eigenvalue weighted by molar-refractivity contribution is -0.114. The molecule has 0 bridgehead atoms. The topological polar surface area (TPSA) is 84.5 Å². The average Bonchev–Trinajstić information content (AvgIpc) is 2.53. The van der Waals surface area contributed by atoms with E-state index in [1.54, 1.807) is 25.1 Å². The standard InChI is InChI=1S/C17H18Cl2N2O4S/c1-10(14-6-4-12(18)8-15(14)19)21-26(23,24)13-5-7-17(25-3)16(9-13)20-11(2)22/h4-10,21H,1-3H3,(H,20,22)/t10-/m1/s1. The molecule has 2 N–H and O–H groups in total. The molecule has 140 valence electrons. The van der Waals surface area contributed by atoms with Crippen LogP contribution in [0, 0.1) is 0 Å². The molecule has 0 heterocycles. The molecule has 0 aliphatic heterocycles. The maximum Gasteiger partial charge on any atom is 0.241 e. The Morgan fingerprint density at radius 2 is 1.85 bits per heavy atom. The number of hydrogen-bond donors (Lipinski definition) is 2. The molecule has 0 aliphatic rings. The number of rotatable bonds is 6. The lowest BCUT2D eigenvalue weighted by Gasteiger charge is -2.17. The molecule has 2 rings (SSSR count). The summed E-state index contributed by atoms with van der Waals surface area (Å²) in [6.45, 7) is 2.99. The minimum atomic E-state index is -3.87. The molecule has 2 aromatic carbocycles. The minimum Gasteiger partial charge on any atom is -0.495 e. The summed E-state index contributed by atoms with van der Waals surface area (Å²) in [6, 6.07) is 8.45. The Labute approximate surface area is 162 Å². The zero-order chi connectivity index (χ0) is 19.5. The lowest BCUT2D eigenvalue weighted by Crippen LogP contribution is -2.27. The first-order valence-electron chi connectivity index (χ1n) is 7.57. The first kappa shape index (κ1) is 20.5. The van der Waals surface area contributed by atoms with Crippen LogP contribution in [0.3, 0.4) is 0 Å². The third-order valence-corrected chi connectivity index (χ3v) is 5.65. The van der Waals surface area contributed by atoms with E-state index in [0.29, 0.717) is 21.4 Å². The predicted molar refractivity (Wildman–Crippen MR) is 102 cm³/mol. The van der Waals surface area contributed by atoms with Crippen molar-refractivity contribution in [2.45, 2.75) is 24.8 Å². The van der Waals surface area contributed by atoms with Gasteiger partial charge in [0.25, 0.3) is 0 Å². The van der Waals surface area contributed by atoms with E-state index in [1.807, 2.05) is 0 Å². The fourth-order valence-electron chi connectivity index (χ4n) is 2.36. The van der Waals surface area contributed by atoms with E-state index < -0.39 is 16.1 Å². The van der Waals surface area contributed by atoms with E-state index in [0.717, 1.165) is 0 Å². The summed E-state index contributed by atoms with van der Waals surface area (Å²) in [5.41, 5.74) is 0.857. The van der Waals surface area contributed by atoms with Crippen molar-refractivity contribution in [3.05, 3.63) is 52.0 Å². The Hall–Kier alpha value is -1.80. The van der Waals surface area contributed by atoms with E-state index in [-0.39, 0.29) is 16.5 Å². The van der Waals surface area contributed by atoms with E-state index in [9.17, 15) is 13.2 Å². The van der Waals surface area contributed by atoms with Crippen LogP contribution in [-0.2, 0) is 14.8 Å². The first-order chi connectivity index (χ1) is 12.1. The number of carbonyl (C=O) groups excluding carboxylic acids is 1. The number of methoxy groups -OCH3 is 1. The summed E-state index contributed by atoms with van der Waals surface area (Å²) in [5, 5.41) is 3.37. The van der Waals surface area contributed by atoms with Crippen molar-refractivity contribution in [3.63, 3.8) is 0 Å². The first-order valence-corrected chi connectivity index (χ1v) is 9.81. The summed E-state index contributed by atoms with van der Waals surface area (Å²) >= 11 is 12.0. The fourth-order valence-corrected chi connectivity index (χ4v) is 4.18. The van der Waals surface area contributed by atoms with Gasteiger partial charge in [0.1, 0.15) is 5.75 Å². The fraction of sp³-hybridized carbons (Fsp3) is 0.235. The van der Waals surface area contributed by atoms with E-state index in [4.69, 9.17) is 27.9 Å².